The first-order chi connectivity index (χ1) is 8.92. The lowest BCUT2D eigenvalue weighted by molar-refractivity contribution is -0.137. The van der Waals surface area contributed by atoms with Crippen molar-refractivity contribution in [3.8, 4) is 0 Å². The lowest BCUT2D eigenvalue weighted by atomic mass is 9.97. The van der Waals surface area contributed by atoms with Crippen LogP contribution in [-0.2, 0) is 14.3 Å². The number of esters is 2. The normalized spacial score (nSPS) is 9.89. The largest absolute Gasteiger partial charge is 0.465 e. The van der Waals surface area contributed by atoms with Crippen molar-refractivity contribution < 1.29 is 23.9 Å². The van der Waals surface area contributed by atoms with Crippen LogP contribution in [0.4, 0.5) is 0 Å². The molecule has 0 saturated carbocycles. The van der Waals surface area contributed by atoms with Crippen molar-refractivity contribution in [2.75, 3.05) is 13.7 Å². The summed E-state index contributed by atoms with van der Waals surface area (Å²) in [4.78, 5) is 34.9. The van der Waals surface area contributed by atoms with E-state index in [0.717, 1.165) is 0 Å². The average molecular weight is 264 g/mol. The molecule has 5 nitrogen and oxygen atoms in total. The summed E-state index contributed by atoms with van der Waals surface area (Å²) in [6.45, 7) is 5.17. The van der Waals surface area contributed by atoms with Gasteiger partial charge in [0.1, 0.15) is 0 Å². The first kappa shape index (κ1) is 14.9. The van der Waals surface area contributed by atoms with Gasteiger partial charge in [0.05, 0.1) is 19.3 Å². The molecule has 5 heteroatoms. The van der Waals surface area contributed by atoms with Gasteiger partial charge >= 0.3 is 11.9 Å². The molecule has 1 aromatic carbocycles. The standard InChI is InChI=1S/C14H16O5/c1-5-19-14(17)12(15)10-7-11(13(16)18-4)9(3)6-8(10)2/h6-7H,5H2,1-4H3. The highest BCUT2D eigenvalue weighted by atomic mass is 16.5. The SMILES string of the molecule is CCOC(=O)C(=O)c1cc(C(=O)OC)c(C)cc1C. The Labute approximate surface area is 111 Å². The van der Waals surface area contributed by atoms with Gasteiger partial charge in [0.25, 0.3) is 5.78 Å². The van der Waals surface area contributed by atoms with Crippen LogP contribution in [0.15, 0.2) is 12.1 Å². The Hall–Kier alpha value is -2.17. The molecule has 0 amide bonds. The molecule has 0 saturated heterocycles. The number of methoxy groups -OCH3 is 1. The number of Topliss-reactive ketones (excluding diaryl/α,β-unsaturated/α-hetero) is 1. The second-order valence-corrected chi connectivity index (χ2v) is 4.02. The predicted molar refractivity (Wildman–Crippen MR) is 68.2 cm³/mol. The second-order valence-electron chi connectivity index (χ2n) is 4.02. The minimum absolute atomic E-state index is 0.124. The first-order valence-electron chi connectivity index (χ1n) is 5.83. The van der Waals surface area contributed by atoms with Gasteiger partial charge in [0.15, 0.2) is 0 Å². The van der Waals surface area contributed by atoms with Gasteiger partial charge < -0.3 is 9.47 Å². The van der Waals surface area contributed by atoms with Gasteiger partial charge in [0, 0.05) is 5.56 Å². The minimum Gasteiger partial charge on any atom is -0.465 e. The van der Waals surface area contributed by atoms with E-state index >= 15 is 0 Å². The molecule has 0 aliphatic rings. The molecule has 102 valence electrons. The summed E-state index contributed by atoms with van der Waals surface area (Å²) >= 11 is 0. The van der Waals surface area contributed by atoms with Crippen molar-refractivity contribution in [2.45, 2.75) is 20.8 Å². The van der Waals surface area contributed by atoms with Crippen LogP contribution in [0.25, 0.3) is 0 Å². The van der Waals surface area contributed by atoms with E-state index in [1.807, 2.05) is 0 Å². The molecule has 0 radical (unpaired) electrons. The topological polar surface area (TPSA) is 69.7 Å². The molecule has 0 heterocycles. The first-order valence-corrected chi connectivity index (χ1v) is 5.83. The fourth-order valence-electron chi connectivity index (χ4n) is 1.73. The smallest absolute Gasteiger partial charge is 0.379 e. The van der Waals surface area contributed by atoms with E-state index in [4.69, 9.17) is 0 Å². The molecule has 0 fully saturated rings. The summed E-state index contributed by atoms with van der Waals surface area (Å²) in [6.07, 6.45) is 0. The van der Waals surface area contributed by atoms with Crippen LogP contribution in [0, 0.1) is 13.8 Å². The van der Waals surface area contributed by atoms with Crippen LogP contribution < -0.4 is 0 Å². The van der Waals surface area contributed by atoms with E-state index < -0.39 is 17.7 Å². The molecular weight excluding hydrogens is 248 g/mol. The van der Waals surface area contributed by atoms with Crippen molar-refractivity contribution in [3.63, 3.8) is 0 Å². The Morgan fingerprint density at radius 3 is 2.16 bits per heavy atom. The fourth-order valence-corrected chi connectivity index (χ4v) is 1.73. The monoisotopic (exact) mass is 264 g/mol. The summed E-state index contributed by atoms with van der Waals surface area (Å²) in [5.74, 6) is -2.23. The number of benzene rings is 1. The third-order valence-electron chi connectivity index (χ3n) is 2.68. The van der Waals surface area contributed by atoms with Gasteiger partial charge in [-0.25, -0.2) is 9.59 Å². The Morgan fingerprint density at radius 2 is 1.63 bits per heavy atom. The van der Waals surface area contributed by atoms with Gasteiger partial charge in [-0.3, -0.25) is 4.79 Å². The van der Waals surface area contributed by atoms with E-state index in [1.54, 1.807) is 26.8 Å². The van der Waals surface area contributed by atoms with Crippen LogP contribution >= 0.6 is 0 Å². The van der Waals surface area contributed by atoms with E-state index in [9.17, 15) is 14.4 Å². The zero-order chi connectivity index (χ0) is 14.6. The highest BCUT2D eigenvalue weighted by molar-refractivity contribution is 6.41. The van der Waals surface area contributed by atoms with Gasteiger partial charge in [0.2, 0.25) is 0 Å². The zero-order valence-corrected chi connectivity index (χ0v) is 11.4. The molecular formula is C14H16O5. The van der Waals surface area contributed by atoms with E-state index in [-0.39, 0.29) is 17.7 Å². The van der Waals surface area contributed by atoms with Crippen molar-refractivity contribution in [1.29, 1.82) is 0 Å². The maximum Gasteiger partial charge on any atom is 0.379 e. The van der Waals surface area contributed by atoms with Gasteiger partial charge in [-0.2, -0.15) is 0 Å². The molecule has 0 atom stereocenters. The van der Waals surface area contributed by atoms with E-state index in [2.05, 4.69) is 9.47 Å². The zero-order valence-electron chi connectivity index (χ0n) is 11.4. The Balaban J connectivity index is 3.25. The molecule has 0 N–H and O–H groups in total. The second kappa shape index (κ2) is 6.13. The predicted octanol–water partition coefficient (Wildman–Crippen LogP) is 1.84. The van der Waals surface area contributed by atoms with Crippen LogP contribution in [0.3, 0.4) is 0 Å². The average Bonchev–Trinajstić information content (AvgIpc) is 2.37. The van der Waals surface area contributed by atoms with Gasteiger partial charge in [-0.1, -0.05) is 6.07 Å². The van der Waals surface area contributed by atoms with Crippen molar-refractivity contribution >= 4 is 17.7 Å². The van der Waals surface area contributed by atoms with Crippen LogP contribution in [0.5, 0.6) is 0 Å². The quantitative estimate of drug-likeness (QED) is 0.471. The van der Waals surface area contributed by atoms with Crippen molar-refractivity contribution in [2.24, 2.45) is 0 Å². The number of carbonyl (C=O) groups is 3. The number of aryl methyl sites for hydroxylation is 2. The number of carbonyl (C=O) groups excluding carboxylic acids is 3. The molecule has 0 aliphatic carbocycles. The summed E-state index contributed by atoms with van der Waals surface area (Å²) in [6, 6.07) is 3.04. The number of ether oxygens (including phenoxy) is 2. The maximum atomic E-state index is 11.9. The van der Waals surface area contributed by atoms with E-state index in [1.165, 1.54) is 13.2 Å². The Morgan fingerprint density at radius 1 is 1.05 bits per heavy atom. The summed E-state index contributed by atoms with van der Waals surface area (Å²) < 4.78 is 9.30. The molecule has 0 bridgehead atoms. The Bertz CT molecular complexity index is 531. The summed E-state index contributed by atoms with van der Waals surface area (Å²) in [7, 11) is 1.26. The van der Waals surface area contributed by atoms with E-state index in [0.29, 0.717) is 11.1 Å². The summed E-state index contributed by atoms with van der Waals surface area (Å²) in [5, 5.41) is 0. The third kappa shape index (κ3) is 3.19. The number of ketones is 1. The molecule has 1 aromatic rings. The molecule has 0 aliphatic heterocycles. The van der Waals surface area contributed by atoms with Crippen LogP contribution in [0.2, 0.25) is 0 Å². The lowest BCUT2D eigenvalue weighted by Gasteiger charge is -2.09. The van der Waals surface area contributed by atoms with Crippen LogP contribution in [0.1, 0.15) is 38.8 Å². The molecule has 0 unspecified atom stereocenters. The molecule has 1 rings (SSSR count). The van der Waals surface area contributed by atoms with Gasteiger partial charge in [-0.15, -0.1) is 0 Å². The van der Waals surface area contributed by atoms with Crippen molar-refractivity contribution in [3.05, 3.63) is 34.4 Å². The highest BCUT2D eigenvalue weighted by Crippen LogP contribution is 2.18. The van der Waals surface area contributed by atoms with Crippen LogP contribution in [-0.4, -0.2) is 31.4 Å². The van der Waals surface area contributed by atoms with Gasteiger partial charge in [-0.05, 0) is 38.0 Å². The molecule has 0 spiro atoms. The summed E-state index contributed by atoms with van der Waals surface area (Å²) in [5.41, 5.74) is 1.72. The minimum atomic E-state index is -0.926. The Kier molecular flexibility index (Phi) is 4.80. The molecule has 19 heavy (non-hydrogen) atoms. The highest BCUT2D eigenvalue weighted by Gasteiger charge is 2.22. The number of rotatable bonds is 4. The molecule has 0 aromatic heterocycles. The maximum absolute atomic E-state index is 11.9. The third-order valence-corrected chi connectivity index (χ3v) is 2.68. The fraction of sp³-hybridized carbons (Fsp3) is 0.357. The lowest BCUT2D eigenvalue weighted by Crippen LogP contribution is -2.19. The number of hydrogen-bond acceptors (Lipinski definition) is 5. The van der Waals surface area contributed by atoms with Crippen molar-refractivity contribution in [1.82, 2.24) is 0 Å². The number of hydrogen-bond donors (Lipinski definition) is 0.